The van der Waals surface area contributed by atoms with Gasteiger partial charge in [0.05, 0.1) is 12.3 Å². The number of carboxylic acid groups (broad SMARTS) is 2. The molecule has 1 aromatic rings. The second kappa shape index (κ2) is 6.59. The van der Waals surface area contributed by atoms with Crippen LogP contribution in [0.4, 0.5) is 0 Å². The van der Waals surface area contributed by atoms with Crippen LogP contribution in [-0.4, -0.2) is 33.7 Å². The van der Waals surface area contributed by atoms with Crippen LogP contribution >= 0.6 is 0 Å². The van der Waals surface area contributed by atoms with E-state index in [2.05, 4.69) is 10.3 Å². The molecule has 0 aromatic carbocycles. The van der Waals surface area contributed by atoms with E-state index in [1.165, 1.54) is 0 Å². The van der Waals surface area contributed by atoms with Crippen LogP contribution in [0.25, 0.3) is 0 Å². The normalized spacial score (nSPS) is 12.0. The first kappa shape index (κ1) is 13.1. The van der Waals surface area contributed by atoms with Crippen LogP contribution in [0.5, 0.6) is 0 Å². The molecule has 1 rings (SSSR count). The van der Waals surface area contributed by atoms with Crippen molar-refractivity contribution in [2.24, 2.45) is 5.92 Å². The van der Waals surface area contributed by atoms with Crippen molar-refractivity contribution in [2.45, 2.75) is 13.0 Å². The van der Waals surface area contributed by atoms with Crippen molar-refractivity contribution in [1.29, 1.82) is 0 Å². The van der Waals surface area contributed by atoms with Gasteiger partial charge in [0.2, 0.25) is 0 Å². The maximum Gasteiger partial charge on any atom is 0.308 e. The largest absolute Gasteiger partial charge is 0.481 e. The van der Waals surface area contributed by atoms with Crippen LogP contribution < -0.4 is 5.32 Å². The Balaban J connectivity index is 2.37. The number of aliphatic carboxylic acids is 2. The van der Waals surface area contributed by atoms with E-state index in [9.17, 15) is 9.59 Å². The molecule has 1 aromatic heterocycles. The third-order valence-corrected chi connectivity index (χ3v) is 2.24. The highest BCUT2D eigenvalue weighted by Crippen LogP contribution is 2.03. The summed E-state index contributed by atoms with van der Waals surface area (Å²) in [6.07, 6.45) is 2.91. The van der Waals surface area contributed by atoms with Crippen LogP contribution in [0.15, 0.2) is 24.5 Å². The molecule has 0 bridgehead atoms. The zero-order valence-corrected chi connectivity index (χ0v) is 9.17. The Labute approximate surface area is 98.3 Å². The van der Waals surface area contributed by atoms with E-state index < -0.39 is 17.9 Å². The number of nitrogens with one attached hydrogen (secondary N) is 1. The Morgan fingerprint density at radius 2 is 1.94 bits per heavy atom. The Kier molecular flexibility index (Phi) is 5.09. The first-order chi connectivity index (χ1) is 8.09. The SMILES string of the molecule is O=C(O)CC(CNCc1ccncc1)C(=O)O. The smallest absolute Gasteiger partial charge is 0.308 e. The molecule has 0 fully saturated rings. The van der Waals surface area contributed by atoms with Crippen LogP contribution in [0, 0.1) is 5.92 Å². The van der Waals surface area contributed by atoms with Crippen molar-refractivity contribution in [2.75, 3.05) is 6.54 Å². The fourth-order valence-corrected chi connectivity index (χ4v) is 1.35. The van der Waals surface area contributed by atoms with Gasteiger partial charge >= 0.3 is 11.9 Å². The number of pyridine rings is 1. The van der Waals surface area contributed by atoms with Crippen LogP contribution in [0.1, 0.15) is 12.0 Å². The fraction of sp³-hybridized carbons (Fsp3) is 0.364. The lowest BCUT2D eigenvalue weighted by atomic mass is 10.1. The second-order valence-electron chi connectivity index (χ2n) is 3.62. The summed E-state index contributed by atoms with van der Waals surface area (Å²) in [5.41, 5.74) is 0.972. The van der Waals surface area contributed by atoms with Gasteiger partial charge in [-0.1, -0.05) is 0 Å². The minimum absolute atomic E-state index is 0.129. The number of aromatic nitrogens is 1. The summed E-state index contributed by atoms with van der Waals surface area (Å²) in [7, 11) is 0. The third kappa shape index (κ3) is 5.07. The van der Waals surface area contributed by atoms with Crippen molar-refractivity contribution in [3.05, 3.63) is 30.1 Å². The highest BCUT2D eigenvalue weighted by molar-refractivity contribution is 5.77. The second-order valence-corrected chi connectivity index (χ2v) is 3.62. The molecular weight excluding hydrogens is 224 g/mol. The van der Waals surface area contributed by atoms with E-state index in [1.54, 1.807) is 24.5 Å². The monoisotopic (exact) mass is 238 g/mol. The van der Waals surface area contributed by atoms with Crippen molar-refractivity contribution in [3.8, 4) is 0 Å². The first-order valence-electron chi connectivity index (χ1n) is 5.14. The Morgan fingerprint density at radius 3 is 2.47 bits per heavy atom. The van der Waals surface area contributed by atoms with E-state index in [1.807, 2.05) is 0 Å². The summed E-state index contributed by atoms with van der Waals surface area (Å²) in [4.78, 5) is 25.1. The molecule has 1 heterocycles. The highest BCUT2D eigenvalue weighted by atomic mass is 16.4. The molecule has 3 N–H and O–H groups in total. The Hall–Kier alpha value is -1.95. The van der Waals surface area contributed by atoms with Crippen LogP contribution in [0.3, 0.4) is 0 Å². The average Bonchev–Trinajstić information content (AvgIpc) is 2.28. The van der Waals surface area contributed by atoms with Gasteiger partial charge in [-0.3, -0.25) is 14.6 Å². The molecule has 0 aliphatic heterocycles. The maximum atomic E-state index is 10.8. The summed E-state index contributed by atoms with van der Waals surface area (Å²) in [5.74, 6) is -3.12. The van der Waals surface area contributed by atoms with Gasteiger partial charge in [0.1, 0.15) is 0 Å². The molecule has 92 valence electrons. The van der Waals surface area contributed by atoms with Crippen molar-refractivity contribution < 1.29 is 19.8 Å². The number of carbonyl (C=O) groups is 2. The minimum atomic E-state index is -1.11. The van der Waals surface area contributed by atoms with Crippen molar-refractivity contribution in [1.82, 2.24) is 10.3 Å². The van der Waals surface area contributed by atoms with E-state index in [0.29, 0.717) is 6.54 Å². The first-order valence-corrected chi connectivity index (χ1v) is 5.14. The van der Waals surface area contributed by atoms with E-state index in [0.717, 1.165) is 5.56 Å². The van der Waals surface area contributed by atoms with Gasteiger partial charge in [0.25, 0.3) is 0 Å². The van der Waals surface area contributed by atoms with Crippen LogP contribution in [0.2, 0.25) is 0 Å². The molecule has 0 amide bonds. The van der Waals surface area contributed by atoms with Crippen molar-refractivity contribution in [3.63, 3.8) is 0 Å². The van der Waals surface area contributed by atoms with Gasteiger partial charge in [-0.15, -0.1) is 0 Å². The topological polar surface area (TPSA) is 99.5 Å². The lowest BCUT2D eigenvalue weighted by Crippen LogP contribution is -2.30. The summed E-state index contributed by atoms with van der Waals surface area (Å²) < 4.78 is 0. The third-order valence-electron chi connectivity index (χ3n) is 2.24. The summed E-state index contributed by atoms with van der Waals surface area (Å²) in [5, 5.41) is 20.3. The highest BCUT2D eigenvalue weighted by Gasteiger charge is 2.20. The summed E-state index contributed by atoms with van der Waals surface area (Å²) in [6, 6.07) is 3.61. The number of rotatable bonds is 7. The van der Waals surface area contributed by atoms with E-state index in [-0.39, 0.29) is 13.0 Å². The summed E-state index contributed by atoms with van der Waals surface area (Å²) >= 11 is 0. The predicted octanol–water partition coefficient (Wildman–Crippen LogP) is 0.347. The van der Waals surface area contributed by atoms with E-state index >= 15 is 0 Å². The molecule has 0 saturated heterocycles. The zero-order chi connectivity index (χ0) is 12.7. The fourth-order valence-electron chi connectivity index (χ4n) is 1.35. The van der Waals surface area contributed by atoms with Gasteiger partial charge in [-0.25, -0.2) is 0 Å². The quantitative estimate of drug-likeness (QED) is 0.633. The molecule has 0 aliphatic carbocycles. The van der Waals surface area contributed by atoms with Crippen LogP contribution in [-0.2, 0) is 16.1 Å². The van der Waals surface area contributed by atoms with E-state index in [4.69, 9.17) is 10.2 Å². The molecule has 6 heteroatoms. The number of carboxylic acids is 2. The zero-order valence-electron chi connectivity index (χ0n) is 9.17. The molecule has 1 unspecified atom stereocenters. The molecule has 0 radical (unpaired) electrons. The van der Waals surface area contributed by atoms with Crippen molar-refractivity contribution >= 4 is 11.9 Å². The summed E-state index contributed by atoms with van der Waals surface area (Å²) in [6.45, 7) is 0.621. The minimum Gasteiger partial charge on any atom is -0.481 e. The average molecular weight is 238 g/mol. The van der Waals surface area contributed by atoms with Gasteiger partial charge < -0.3 is 15.5 Å². The van der Waals surface area contributed by atoms with Gasteiger partial charge in [-0.2, -0.15) is 0 Å². The Morgan fingerprint density at radius 1 is 1.29 bits per heavy atom. The molecule has 0 saturated carbocycles. The standard InChI is InChI=1S/C11H14N2O4/c14-10(15)5-9(11(16)17)7-13-6-8-1-3-12-4-2-8/h1-4,9,13H,5-7H2,(H,14,15)(H,16,17). The molecule has 0 aliphatic rings. The lowest BCUT2D eigenvalue weighted by Gasteiger charge is -2.10. The molecule has 1 atom stereocenters. The maximum absolute atomic E-state index is 10.8. The predicted molar refractivity (Wildman–Crippen MR) is 59.3 cm³/mol. The molecule has 0 spiro atoms. The number of hydrogen-bond donors (Lipinski definition) is 3. The van der Waals surface area contributed by atoms with Gasteiger partial charge in [-0.05, 0) is 17.7 Å². The molecular formula is C11H14N2O4. The molecule has 6 nitrogen and oxygen atoms in total. The lowest BCUT2D eigenvalue weighted by molar-refractivity contribution is -0.148. The Bertz CT molecular complexity index is 380. The van der Waals surface area contributed by atoms with Gasteiger partial charge in [0, 0.05) is 25.5 Å². The molecule has 17 heavy (non-hydrogen) atoms. The number of nitrogens with zero attached hydrogens (tertiary/aromatic N) is 1. The van der Waals surface area contributed by atoms with Gasteiger partial charge in [0.15, 0.2) is 0 Å². The number of hydrogen-bond acceptors (Lipinski definition) is 4.